The number of nitrogens with one attached hydrogen (secondary N) is 2. The van der Waals surface area contributed by atoms with Gasteiger partial charge in [-0.1, -0.05) is 48.5 Å². The van der Waals surface area contributed by atoms with E-state index in [1.807, 2.05) is 48.5 Å². The number of carboxylic acid groups (broad SMARTS) is 1. The molecule has 1 aliphatic rings. The molecule has 7 heteroatoms. The monoisotopic (exact) mass is 368 g/mol. The Bertz CT molecular complexity index is 835. The molecule has 0 saturated heterocycles. The summed E-state index contributed by atoms with van der Waals surface area (Å²) in [7, 11) is 1.40. The molecule has 2 amide bonds. The first kappa shape index (κ1) is 18.4. The number of carbonyl (C=O) groups is 3. The van der Waals surface area contributed by atoms with Crippen molar-refractivity contribution in [2.75, 3.05) is 13.7 Å². The van der Waals surface area contributed by atoms with Crippen LogP contribution in [0.5, 0.6) is 0 Å². The highest BCUT2D eigenvalue weighted by molar-refractivity contribution is 5.87. The Morgan fingerprint density at radius 1 is 1.04 bits per heavy atom. The quantitative estimate of drug-likeness (QED) is 0.724. The predicted octanol–water partition coefficient (Wildman–Crippen LogP) is 2.11. The summed E-state index contributed by atoms with van der Waals surface area (Å²) < 4.78 is 5.29. The first-order chi connectivity index (χ1) is 13.0. The number of alkyl carbamates (subject to hydrolysis) is 1. The number of hydrogen-bond acceptors (Lipinski definition) is 4. The van der Waals surface area contributed by atoms with Crippen LogP contribution < -0.4 is 10.6 Å². The third-order valence-electron chi connectivity index (χ3n) is 4.60. The molecule has 0 spiro atoms. The van der Waals surface area contributed by atoms with Crippen LogP contribution >= 0.6 is 0 Å². The Kier molecular flexibility index (Phi) is 5.40. The highest BCUT2D eigenvalue weighted by atomic mass is 16.5. The summed E-state index contributed by atoms with van der Waals surface area (Å²) >= 11 is 0. The van der Waals surface area contributed by atoms with E-state index in [4.69, 9.17) is 9.84 Å². The number of hydrogen-bond donors (Lipinski definition) is 3. The van der Waals surface area contributed by atoms with E-state index in [2.05, 4.69) is 10.6 Å². The molecule has 0 unspecified atom stereocenters. The Labute approximate surface area is 156 Å². The standard InChI is InChI=1S/C20H20N2O5/c1-21-18(23)10-17(19(24)25)22-20(26)27-11-16-14-8-4-2-6-12(14)13-7-3-5-9-15(13)16/h2-9,16-17H,10-11H2,1H3,(H,21,23)(H,22,26)(H,24,25)/t17-/m1/s1. The Hall–Kier alpha value is -3.35. The molecule has 140 valence electrons. The molecule has 0 bridgehead atoms. The molecule has 1 aliphatic carbocycles. The topological polar surface area (TPSA) is 105 Å². The van der Waals surface area contributed by atoms with Crippen molar-refractivity contribution in [1.82, 2.24) is 10.6 Å². The Balaban J connectivity index is 1.68. The van der Waals surface area contributed by atoms with Crippen LogP contribution in [0.25, 0.3) is 11.1 Å². The second-order valence-corrected chi connectivity index (χ2v) is 6.24. The smallest absolute Gasteiger partial charge is 0.407 e. The first-order valence-corrected chi connectivity index (χ1v) is 8.56. The van der Waals surface area contributed by atoms with E-state index in [9.17, 15) is 14.4 Å². The number of carboxylic acids is 1. The lowest BCUT2D eigenvalue weighted by Gasteiger charge is -2.17. The van der Waals surface area contributed by atoms with Gasteiger partial charge in [-0.3, -0.25) is 4.79 Å². The Morgan fingerprint density at radius 3 is 2.11 bits per heavy atom. The molecule has 0 radical (unpaired) electrons. The summed E-state index contributed by atoms with van der Waals surface area (Å²) in [6, 6.07) is 14.5. The average molecular weight is 368 g/mol. The van der Waals surface area contributed by atoms with Crippen LogP contribution in [0.1, 0.15) is 23.5 Å². The molecule has 2 aromatic rings. The molecule has 0 fully saturated rings. The fourth-order valence-electron chi connectivity index (χ4n) is 3.27. The molecule has 0 heterocycles. The van der Waals surface area contributed by atoms with Crippen LogP contribution in [0.3, 0.4) is 0 Å². The van der Waals surface area contributed by atoms with E-state index in [0.717, 1.165) is 22.3 Å². The lowest BCUT2D eigenvalue weighted by molar-refractivity contribution is -0.141. The van der Waals surface area contributed by atoms with Gasteiger partial charge in [-0.05, 0) is 22.3 Å². The molecule has 0 saturated carbocycles. The largest absolute Gasteiger partial charge is 0.480 e. The van der Waals surface area contributed by atoms with Gasteiger partial charge in [-0.25, -0.2) is 9.59 Å². The predicted molar refractivity (Wildman–Crippen MR) is 98.3 cm³/mol. The van der Waals surface area contributed by atoms with E-state index in [1.165, 1.54) is 7.05 Å². The lowest BCUT2D eigenvalue weighted by atomic mass is 9.98. The zero-order chi connectivity index (χ0) is 19.4. The number of ether oxygens (including phenoxy) is 1. The molecule has 2 aromatic carbocycles. The number of rotatable bonds is 6. The number of aliphatic carboxylic acids is 1. The lowest BCUT2D eigenvalue weighted by Crippen LogP contribution is -2.44. The van der Waals surface area contributed by atoms with Crippen molar-refractivity contribution >= 4 is 18.0 Å². The minimum Gasteiger partial charge on any atom is -0.480 e. The second kappa shape index (κ2) is 7.90. The summed E-state index contributed by atoms with van der Waals surface area (Å²) in [6.45, 7) is 0.0756. The fraction of sp³-hybridized carbons (Fsp3) is 0.250. The Morgan fingerprint density at radius 2 is 1.59 bits per heavy atom. The van der Waals surface area contributed by atoms with Gasteiger partial charge in [0, 0.05) is 13.0 Å². The maximum absolute atomic E-state index is 12.1. The number of carbonyl (C=O) groups excluding carboxylic acids is 2. The van der Waals surface area contributed by atoms with Crippen LogP contribution in [-0.2, 0) is 14.3 Å². The molecule has 3 N–H and O–H groups in total. The number of amides is 2. The third-order valence-corrected chi connectivity index (χ3v) is 4.60. The normalized spacial score (nSPS) is 13.2. The first-order valence-electron chi connectivity index (χ1n) is 8.56. The molecular weight excluding hydrogens is 348 g/mol. The minimum absolute atomic E-state index is 0.0756. The summed E-state index contributed by atoms with van der Waals surface area (Å²) in [4.78, 5) is 34.7. The minimum atomic E-state index is -1.35. The van der Waals surface area contributed by atoms with Gasteiger partial charge in [0.1, 0.15) is 12.6 Å². The van der Waals surface area contributed by atoms with Crippen LogP contribution in [0.4, 0.5) is 4.79 Å². The average Bonchev–Trinajstić information content (AvgIpc) is 2.99. The van der Waals surface area contributed by atoms with Gasteiger partial charge in [0.05, 0.1) is 6.42 Å². The second-order valence-electron chi connectivity index (χ2n) is 6.24. The van der Waals surface area contributed by atoms with Gasteiger partial charge in [0.15, 0.2) is 0 Å². The van der Waals surface area contributed by atoms with Crippen molar-refractivity contribution in [3.8, 4) is 11.1 Å². The maximum atomic E-state index is 12.1. The molecule has 27 heavy (non-hydrogen) atoms. The van der Waals surface area contributed by atoms with Crippen molar-refractivity contribution in [3.05, 3.63) is 59.7 Å². The summed E-state index contributed by atoms with van der Waals surface area (Å²) in [6.07, 6.45) is -1.23. The van der Waals surface area contributed by atoms with E-state index in [0.29, 0.717) is 0 Å². The van der Waals surface area contributed by atoms with Gasteiger partial charge in [-0.15, -0.1) is 0 Å². The van der Waals surface area contributed by atoms with Gasteiger partial charge >= 0.3 is 12.1 Å². The van der Waals surface area contributed by atoms with Crippen molar-refractivity contribution in [2.24, 2.45) is 0 Å². The molecule has 7 nitrogen and oxygen atoms in total. The molecular formula is C20H20N2O5. The van der Waals surface area contributed by atoms with Crippen LogP contribution in [0.2, 0.25) is 0 Å². The summed E-state index contributed by atoms with van der Waals surface area (Å²) in [5.74, 6) is -1.90. The van der Waals surface area contributed by atoms with Crippen molar-refractivity contribution < 1.29 is 24.2 Å². The number of fused-ring (bicyclic) bond motifs is 3. The zero-order valence-corrected chi connectivity index (χ0v) is 14.8. The van der Waals surface area contributed by atoms with Gasteiger partial charge in [0.25, 0.3) is 0 Å². The zero-order valence-electron chi connectivity index (χ0n) is 14.8. The number of benzene rings is 2. The maximum Gasteiger partial charge on any atom is 0.407 e. The van der Waals surface area contributed by atoms with Crippen molar-refractivity contribution in [3.63, 3.8) is 0 Å². The van der Waals surface area contributed by atoms with Gasteiger partial charge in [-0.2, -0.15) is 0 Å². The summed E-state index contributed by atoms with van der Waals surface area (Å²) in [5, 5.41) is 13.7. The van der Waals surface area contributed by atoms with Gasteiger partial charge in [0.2, 0.25) is 5.91 Å². The van der Waals surface area contributed by atoms with Crippen LogP contribution in [0.15, 0.2) is 48.5 Å². The van der Waals surface area contributed by atoms with Crippen LogP contribution in [0, 0.1) is 0 Å². The SMILES string of the molecule is CNC(=O)C[C@@H](NC(=O)OCC1c2ccccc2-c2ccccc21)C(=O)O. The third kappa shape index (κ3) is 3.92. The van der Waals surface area contributed by atoms with E-state index >= 15 is 0 Å². The molecule has 3 rings (SSSR count). The van der Waals surface area contributed by atoms with Crippen molar-refractivity contribution in [2.45, 2.75) is 18.4 Å². The molecule has 1 atom stereocenters. The highest BCUT2D eigenvalue weighted by Crippen LogP contribution is 2.44. The van der Waals surface area contributed by atoms with E-state index in [1.54, 1.807) is 0 Å². The molecule has 0 aromatic heterocycles. The van der Waals surface area contributed by atoms with Crippen molar-refractivity contribution in [1.29, 1.82) is 0 Å². The molecule has 0 aliphatic heterocycles. The van der Waals surface area contributed by atoms with E-state index in [-0.39, 0.29) is 18.9 Å². The van der Waals surface area contributed by atoms with Gasteiger partial charge < -0.3 is 20.5 Å². The highest BCUT2D eigenvalue weighted by Gasteiger charge is 2.30. The van der Waals surface area contributed by atoms with Crippen LogP contribution in [-0.4, -0.2) is 42.8 Å². The fourth-order valence-corrected chi connectivity index (χ4v) is 3.27. The van der Waals surface area contributed by atoms with E-state index < -0.39 is 24.0 Å². The summed E-state index contributed by atoms with van der Waals surface area (Å²) in [5.41, 5.74) is 4.33.